The molecule has 0 spiro atoms. The first-order valence-electron chi connectivity index (χ1n) is 5.01. The van der Waals surface area contributed by atoms with Gasteiger partial charge in [-0.25, -0.2) is 0 Å². The first-order chi connectivity index (χ1) is 6.65. The second-order valence-corrected chi connectivity index (χ2v) is 4.96. The Hall–Kier alpha value is -0.690. The van der Waals surface area contributed by atoms with Crippen molar-refractivity contribution >= 4 is 11.8 Å². The third-order valence-electron chi connectivity index (χ3n) is 2.18. The predicted molar refractivity (Wildman–Crippen MR) is 66.0 cm³/mol. The first-order valence-corrected chi connectivity index (χ1v) is 5.88. The van der Waals surface area contributed by atoms with Gasteiger partial charge in [0.1, 0.15) is 0 Å². The Morgan fingerprint density at radius 1 is 1.21 bits per heavy atom. The van der Waals surface area contributed by atoms with E-state index in [2.05, 4.69) is 58.0 Å². The Morgan fingerprint density at radius 2 is 1.79 bits per heavy atom. The van der Waals surface area contributed by atoms with Gasteiger partial charge in [0.05, 0.1) is 0 Å². The first kappa shape index (κ1) is 11.4. The zero-order chi connectivity index (χ0) is 10.6. The molecule has 0 heterocycles. The molecule has 0 aromatic heterocycles. The lowest BCUT2D eigenvalue weighted by Crippen LogP contribution is -1.93. The molecule has 0 bridgehead atoms. The number of thioether (sulfide) groups is 1. The number of hydrogen-bond acceptors (Lipinski definition) is 1. The summed E-state index contributed by atoms with van der Waals surface area (Å²) in [6, 6.07) is 6.48. The van der Waals surface area contributed by atoms with Crippen molar-refractivity contribution < 1.29 is 0 Å². The molecule has 0 saturated carbocycles. The van der Waals surface area contributed by atoms with Gasteiger partial charge in [-0.15, -0.1) is 11.8 Å². The third-order valence-corrected chi connectivity index (χ3v) is 3.58. The highest BCUT2D eigenvalue weighted by Crippen LogP contribution is 2.30. The number of allylic oxidation sites excluding steroid dienone is 1. The van der Waals surface area contributed by atoms with Crippen LogP contribution in [0.1, 0.15) is 25.0 Å². The zero-order valence-electron chi connectivity index (χ0n) is 9.37. The van der Waals surface area contributed by atoms with Crippen molar-refractivity contribution in [3.8, 4) is 0 Å². The molecule has 0 aliphatic rings. The van der Waals surface area contributed by atoms with Crippen LogP contribution in [0.4, 0.5) is 0 Å². The molecule has 76 valence electrons. The van der Waals surface area contributed by atoms with E-state index in [0.29, 0.717) is 5.25 Å². The molecular formula is C13H18S. The molecule has 1 unspecified atom stereocenters. The van der Waals surface area contributed by atoms with Crippen molar-refractivity contribution in [2.75, 3.05) is 0 Å². The van der Waals surface area contributed by atoms with Gasteiger partial charge in [0.2, 0.25) is 0 Å². The molecule has 0 N–H and O–H groups in total. The summed E-state index contributed by atoms with van der Waals surface area (Å²) in [6.07, 6.45) is 4.35. The largest absolute Gasteiger partial charge is 0.118 e. The molecule has 0 fully saturated rings. The summed E-state index contributed by atoms with van der Waals surface area (Å²) in [5.41, 5.74) is 2.76. The minimum Gasteiger partial charge on any atom is -0.118 e. The Bertz CT molecular complexity index is 306. The van der Waals surface area contributed by atoms with E-state index in [-0.39, 0.29) is 0 Å². The van der Waals surface area contributed by atoms with Crippen LogP contribution in [0.3, 0.4) is 0 Å². The van der Waals surface area contributed by atoms with Crippen molar-refractivity contribution in [1.82, 2.24) is 0 Å². The molecule has 1 aromatic rings. The quantitative estimate of drug-likeness (QED) is 0.523. The Morgan fingerprint density at radius 3 is 2.29 bits per heavy atom. The number of benzene rings is 1. The monoisotopic (exact) mass is 206 g/mol. The van der Waals surface area contributed by atoms with Crippen LogP contribution in [0, 0.1) is 13.8 Å². The maximum atomic E-state index is 2.23. The maximum Gasteiger partial charge on any atom is 0.0246 e. The number of rotatable bonds is 3. The van der Waals surface area contributed by atoms with Gasteiger partial charge >= 0.3 is 0 Å². The highest BCUT2D eigenvalue weighted by molar-refractivity contribution is 8.00. The fourth-order valence-electron chi connectivity index (χ4n) is 1.48. The highest BCUT2D eigenvalue weighted by Gasteiger charge is 2.05. The highest BCUT2D eigenvalue weighted by atomic mass is 32.2. The average Bonchev–Trinajstić information content (AvgIpc) is 2.12. The lowest BCUT2D eigenvalue weighted by Gasteiger charge is -2.11. The Balaban J connectivity index is 2.85. The Labute approximate surface area is 91.4 Å². The van der Waals surface area contributed by atoms with E-state index in [1.54, 1.807) is 0 Å². The molecule has 0 nitrogen and oxygen atoms in total. The van der Waals surface area contributed by atoms with Crippen molar-refractivity contribution in [3.63, 3.8) is 0 Å². The van der Waals surface area contributed by atoms with Crippen LogP contribution in [-0.2, 0) is 0 Å². The van der Waals surface area contributed by atoms with Crippen LogP contribution in [0.2, 0.25) is 0 Å². The van der Waals surface area contributed by atoms with Gasteiger partial charge in [-0.05, 0) is 38.8 Å². The van der Waals surface area contributed by atoms with Crippen LogP contribution in [0.5, 0.6) is 0 Å². The predicted octanol–water partition coefficient (Wildman–Crippen LogP) is 4.36. The molecule has 1 rings (SSSR count). The Kier molecular flexibility index (Phi) is 4.27. The number of aryl methyl sites for hydroxylation is 2. The minimum absolute atomic E-state index is 0.555. The van der Waals surface area contributed by atoms with Gasteiger partial charge in [0.15, 0.2) is 0 Å². The van der Waals surface area contributed by atoms with E-state index in [9.17, 15) is 0 Å². The van der Waals surface area contributed by atoms with Gasteiger partial charge in [0.25, 0.3) is 0 Å². The standard InChI is InChI=1S/C13H18S/c1-5-7-12(4)14-13-10(2)8-6-9-11(13)3/h5-9,12H,1-4H3. The van der Waals surface area contributed by atoms with E-state index in [4.69, 9.17) is 0 Å². The van der Waals surface area contributed by atoms with Crippen molar-refractivity contribution in [3.05, 3.63) is 41.5 Å². The summed E-state index contributed by atoms with van der Waals surface area (Å²) >= 11 is 1.93. The van der Waals surface area contributed by atoms with E-state index in [1.807, 2.05) is 11.8 Å². The van der Waals surface area contributed by atoms with Gasteiger partial charge in [-0.3, -0.25) is 0 Å². The summed E-state index contributed by atoms with van der Waals surface area (Å²) in [5, 5.41) is 0.555. The molecule has 1 aromatic carbocycles. The van der Waals surface area contributed by atoms with Crippen LogP contribution in [0.25, 0.3) is 0 Å². The summed E-state index contributed by atoms with van der Waals surface area (Å²) in [7, 11) is 0. The fourth-order valence-corrected chi connectivity index (χ4v) is 2.60. The molecule has 14 heavy (non-hydrogen) atoms. The van der Waals surface area contributed by atoms with Crippen LogP contribution in [-0.4, -0.2) is 5.25 Å². The average molecular weight is 206 g/mol. The molecule has 0 amide bonds. The fraction of sp³-hybridized carbons (Fsp3) is 0.385. The summed E-state index contributed by atoms with van der Waals surface area (Å²) in [5.74, 6) is 0. The van der Waals surface area contributed by atoms with Gasteiger partial charge in [0, 0.05) is 10.1 Å². The van der Waals surface area contributed by atoms with Crippen LogP contribution >= 0.6 is 11.8 Å². The minimum atomic E-state index is 0.555. The number of hydrogen-bond donors (Lipinski definition) is 0. The molecule has 0 radical (unpaired) electrons. The molecule has 0 aliphatic heterocycles. The lowest BCUT2D eigenvalue weighted by atomic mass is 10.2. The van der Waals surface area contributed by atoms with Gasteiger partial charge < -0.3 is 0 Å². The van der Waals surface area contributed by atoms with Crippen molar-refractivity contribution in [2.45, 2.75) is 37.8 Å². The SMILES string of the molecule is CC=CC(C)Sc1c(C)cccc1C. The van der Waals surface area contributed by atoms with E-state index >= 15 is 0 Å². The van der Waals surface area contributed by atoms with E-state index < -0.39 is 0 Å². The second kappa shape index (κ2) is 5.26. The zero-order valence-corrected chi connectivity index (χ0v) is 10.2. The molecule has 1 heteroatoms. The molecule has 1 atom stereocenters. The molecule has 0 saturated heterocycles. The van der Waals surface area contributed by atoms with Crippen LogP contribution < -0.4 is 0 Å². The third kappa shape index (κ3) is 2.91. The van der Waals surface area contributed by atoms with E-state index in [1.165, 1.54) is 16.0 Å². The van der Waals surface area contributed by atoms with Crippen molar-refractivity contribution in [2.24, 2.45) is 0 Å². The smallest absolute Gasteiger partial charge is 0.0246 e. The van der Waals surface area contributed by atoms with Gasteiger partial charge in [-0.1, -0.05) is 30.4 Å². The normalized spacial score (nSPS) is 13.4. The maximum absolute atomic E-state index is 2.23. The molecular weight excluding hydrogens is 188 g/mol. The van der Waals surface area contributed by atoms with Crippen LogP contribution in [0.15, 0.2) is 35.2 Å². The topological polar surface area (TPSA) is 0 Å². The lowest BCUT2D eigenvalue weighted by molar-refractivity contribution is 1.18. The molecule has 0 aliphatic carbocycles. The van der Waals surface area contributed by atoms with E-state index in [0.717, 1.165) is 0 Å². The second-order valence-electron chi connectivity index (χ2n) is 3.57. The van der Waals surface area contributed by atoms with Crippen molar-refractivity contribution in [1.29, 1.82) is 0 Å². The summed E-state index contributed by atoms with van der Waals surface area (Å²) in [6.45, 7) is 8.66. The summed E-state index contributed by atoms with van der Waals surface area (Å²) < 4.78 is 0. The summed E-state index contributed by atoms with van der Waals surface area (Å²) in [4.78, 5) is 1.43. The van der Waals surface area contributed by atoms with Gasteiger partial charge in [-0.2, -0.15) is 0 Å².